The molecule has 0 atom stereocenters. The summed E-state index contributed by atoms with van der Waals surface area (Å²) in [5, 5.41) is 0. The van der Waals surface area contributed by atoms with E-state index in [0.29, 0.717) is 35.1 Å². The van der Waals surface area contributed by atoms with Crippen LogP contribution in [0.4, 0.5) is 17.6 Å². The predicted molar refractivity (Wildman–Crippen MR) is 106 cm³/mol. The minimum atomic E-state index is -2.98. The predicted octanol–water partition coefficient (Wildman–Crippen LogP) is 6.50. The molecule has 0 spiro atoms. The molecule has 7 heteroatoms. The third-order valence-electron chi connectivity index (χ3n) is 4.66. The molecule has 30 heavy (non-hydrogen) atoms. The van der Waals surface area contributed by atoms with Crippen LogP contribution in [0, 0.1) is 0 Å². The van der Waals surface area contributed by atoms with Crippen molar-refractivity contribution in [1.29, 1.82) is 0 Å². The van der Waals surface area contributed by atoms with Crippen LogP contribution in [0.2, 0.25) is 0 Å². The Balaban J connectivity index is 1.95. The average Bonchev–Trinajstić information content (AvgIpc) is 2.86. The molecule has 0 radical (unpaired) electrons. The van der Waals surface area contributed by atoms with Gasteiger partial charge in [-0.15, -0.1) is 0 Å². The fourth-order valence-electron chi connectivity index (χ4n) is 3.32. The van der Waals surface area contributed by atoms with Crippen molar-refractivity contribution in [3.63, 3.8) is 0 Å². The Kier molecular flexibility index (Phi) is 7.27. The van der Waals surface area contributed by atoms with Gasteiger partial charge in [-0.2, -0.15) is 17.6 Å². The van der Waals surface area contributed by atoms with Crippen molar-refractivity contribution in [2.75, 3.05) is 0 Å². The number of hydrogen-bond donors (Lipinski definition) is 0. The van der Waals surface area contributed by atoms with Gasteiger partial charge < -0.3 is 9.47 Å². The molecular formula is C23H20F4O3. The van der Waals surface area contributed by atoms with Gasteiger partial charge in [0.25, 0.3) is 0 Å². The van der Waals surface area contributed by atoms with E-state index in [1.54, 1.807) is 48.6 Å². The van der Waals surface area contributed by atoms with E-state index in [1.807, 2.05) is 0 Å². The van der Waals surface area contributed by atoms with Gasteiger partial charge in [0.1, 0.15) is 11.5 Å². The molecule has 0 unspecified atom stereocenters. The molecule has 1 saturated carbocycles. The summed E-state index contributed by atoms with van der Waals surface area (Å²) in [5.41, 5.74) is 1.67. The molecule has 0 heterocycles. The van der Waals surface area contributed by atoms with Crippen molar-refractivity contribution >= 4 is 17.9 Å². The van der Waals surface area contributed by atoms with Gasteiger partial charge in [0.15, 0.2) is 5.78 Å². The van der Waals surface area contributed by atoms with E-state index in [0.717, 1.165) is 12.8 Å². The maximum absolute atomic E-state index is 13.1. The lowest BCUT2D eigenvalue weighted by atomic mass is 9.97. The molecular weight excluding hydrogens is 400 g/mol. The number of carbonyl (C=O) groups is 1. The number of benzene rings is 2. The lowest BCUT2D eigenvalue weighted by Crippen LogP contribution is -2.06. The standard InChI is InChI=1S/C23H20F4O3/c24-22(25)29-19-11-5-3-7-15(19)13-17-9-1-2-10-18(21(17)28)14-16-8-4-6-12-20(16)30-23(26)27/h3-8,11-14,22-23H,1-2,9-10H2/b17-13+,18-14+. The summed E-state index contributed by atoms with van der Waals surface area (Å²) in [6.45, 7) is -5.95. The first-order valence-electron chi connectivity index (χ1n) is 9.47. The highest BCUT2D eigenvalue weighted by atomic mass is 19.3. The summed E-state index contributed by atoms with van der Waals surface area (Å²) in [6.07, 6.45) is 5.55. The minimum absolute atomic E-state index is 0.0155. The first kappa shape index (κ1) is 21.6. The third-order valence-corrected chi connectivity index (χ3v) is 4.66. The van der Waals surface area contributed by atoms with E-state index < -0.39 is 13.2 Å². The Morgan fingerprint density at radius 2 is 1.10 bits per heavy atom. The molecule has 1 fully saturated rings. The maximum Gasteiger partial charge on any atom is 0.387 e. The Bertz CT molecular complexity index is 875. The van der Waals surface area contributed by atoms with Crippen molar-refractivity contribution in [3.05, 3.63) is 70.8 Å². The number of ether oxygens (including phenoxy) is 2. The molecule has 0 saturated heterocycles. The van der Waals surface area contributed by atoms with Crippen molar-refractivity contribution in [1.82, 2.24) is 0 Å². The number of alkyl halides is 4. The van der Waals surface area contributed by atoms with E-state index in [9.17, 15) is 22.4 Å². The van der Waals surface area contributed by atoms with E-state index in [1.165, 1.54) is 12.1 Å². The zero-order chi connectivity index (χ0) is 21.5. The molecule has 0 bridgehead atoms. The first-order chi connectivity index (χ1) is 14.4. The normalized spacial score (nSPS) is 17.6. The highest BCUT2D eigenvalue weighted by Gasteiger charge is 2.20. The van der Waals surface area contributed by atoms with Gasteiger partial charge in [0, 0.05) is 22.3 Å². The lowest BCUT2D eigenvalue weighted by Gasteiger charge is -2.11. The molecule has 1 aliphatic carbocycles. The van der Waals surface area contributed by atoms with Gasteiger partial charge in [-0.3, -0.25) is 4.79 Å². The second-order valence-corrected chi connectivity index (χ2v) is 6.71. The molecule has 0 aliphatic heterocycles. The number of rotatable bonds is 6. The molecule has 2 aromatic carbocycles. The van der Waals surface area contributed by atoms with Crippen LogP contribution in [-0.4, -0.2) is 19.0 Å². The number of Topliss-reactive ketones (excluding diaryl/α,β-unsaturated/α-hetero) is 1. The number of halogens is 4. The van der Waals surface area contributed by atoms with Crippen LogP contribution in [0.5, 0.6) is 11.5 Å². The molecule has 0 aromatic heterocycles. The molecule has 0 amide bonds. The monoisotopic (exact) mass is 420 g/mol. The minimum Gasteiger partial charge on any atom is -0.434 e. The molecule has 3 nitrogen and oxygen atoms in total. The number of carbonyl (C=O) groups excluding carboxylic acids is 1. The van der Waals surface area contributed by atoms with Crippen LogP contribution in [0.3, 0.4) is 0 Å². The number of para-hydroxylation sites is 2. The molecule has 0 N–H and O–H groups in total. The highest BCUT2D eigenvalue weighted by molar-refractivity contribution is 6.13. The average molecular weight is 420 g/mol. The molecule has 1 aliphatic rings. The number of hydrogen-bond acceptors (Lipinski definition) is 3. The van der Waals surface area contributed by atoms with Gasteiger partial charge in [-0.05, 0) is 50.0 Å². The van der Waals surface area contributed by atoms with E-state index in [2.05, 4.69) is 9.47 Å². The summed E-state index contributed by atoms with van der Waals surface area (Å²) in [7, 11) is 0. The van der Waals surface area contributed by atoms with Crippen LogP contribution in [0.15, 0.2) is 59.7 Å². The summed E-state index contributed by atoms with van der Waals surface area (Å²) >= 11 is 0. The van der Waals surface area contributed by atoms with Gasteiger partial charge in [0.05, 0.1) is 0 Å². The second-order valence-electron chi connectivity index (χ2n) is 6.71. The fraction of sp³-hybridized carbons (Fsp3) is 0.261. The Labute approximate surface area is 171 Å². The Hall–Kier alpha value is -3.09. The summed E-state index contributed by atoms with van der Waals surface area (Å²) in [6, 6.07) is 12.5. The lowest BCUT2D eigenvalue weighted by molar-refractivity contribution is -0.112. The summed E-state index contributed by atoms with van der Waals surface area (Å²) < 4.78 is 59.8. The highest BCUT2D eigenvalue weighted by Crippen LogP contribution is 2.31. The van der Waals surface area contributed by atoms with Crippen LogP contribution >= 0.6 is 0 Å². The van der Waals surface area contributed by atoms with Crippen LogP contribution in [0.25, 0.3) is 12.2 Å². The van der Waals surface area contributed by atoms with Crippen LogP contribution < -0.4 is 9.47 Å². The summed E-state index contributed by atoms with van der Waals surface area (Å²) in [5.74, 6) is -0.275. The van der Waals surface area contributed by atoms with Crippen molar-refractivity contribution in [2.24, 2.45) is 0 Å². The Morgan fingerprint density at radius 1 is 0.700 bits per heavy atom. The van der Waals surface area contributed by atoms with Gasteiger partial charge in [-0.1, -0.05) is 36.4 Å². The van der Waals surface area contributed by atoms with Gasteiger partial charge >= 0.3 is 13.2 Å². The van der Waals surface area contributed by atoms with Crippen molar-refractivity contribution in [3.8, 4) is 11.5 Å². The fourth-order valence-corrected chi connectivity index (χ4v) is 3.32. The summed E-state index contributed by atoms with van der Waals surface area (Å²) in [4.78, 5) is 13.1. The van der Waals surface area contributed by atoms with Gasteiger partial charge in [-0.25, -0.2) is 0 Å². The van der Waals surface area contributed by atoms with Crippen molar-refractivity contribution in [2.45, 2.75) is 38.9 Å². The second kappa shape index (κ2) is 10.1. The number of ketones is 1. The quantitative estimate of drug-likeness (QED) is 0.304. The van der Waals surface area contributed by atoms with Crippen LogP contribution in [-0.2, 0) is 4.79 Å². The molecule has 2 aromatic rings. The zero-order valence-corrected chi connectivity index (χ0v) is 16.0. The van der Waals surface area contributed by atoms with E-state index in [-0.39, 0.29) is 17.3 Å². The van der Waals surface area contributed by atoms with Gasteiger partial charge in [0.2, 0.25) is 0 Å². The van der Waals surface area contributed by atoms with Crippen LogP contribution in [0.1, 0.15) is 36.8 Å². The first-order valence-corrected chi connectivity index (χ1v) is 9.47. The maximum atomic E-state index is 13.1. The Morgan fingerprint density at radius 3 is 1.50 bits per heavy atom. The number of allylic oxidation sites excluding steroid dienone is 2. The third kappa shape index (κ3) is 5.72. The topological polar surface area (TPSA) is 35.5 Å². The molecule has 158 valence electrons. The SMILES string of the molecule is O=C1/C(=C/c2ccccc2OC(F)F)CCCC/C1=C\c1ccccc1OC(F)F. The smallest absolute Gasteiger partial charge is 0.387 e. The van der Waals surface area contributed by atoms with E-state index >= 15 is 0 Å². The van der Waals surface area contributed by atoms with Crippen molar-refractivity contribution < 1.29 is 31.8 Å². The molecule has 3 rings (SSSR count). The zero-order valence-electron chi connectivity index (χ0n) is 16.0. The van der Waals surface area contributed by atoms with E-state index in [4.69, 9.17) is 0 Å². The largest absolute Gasteiger partial charge is 0.434 e.